The smallest absolute Gasteiger partial charge is 0 e. The van der Waals surface area contributed by atoms with E-state index < -0.39 is 0 Å². The fraction of sp³-hybridized carbons (Fsp3) is 0. The van der Waals surface area contributed by atoms with Gasteiger partial charge in [0.25, 0.3) is 0 Å². The quantitative estimate of drug-likeness (QED) is 0.610. The second kappa shape index (κ2) is 18.9. The Kier molecular flexibility index (Phi) is 162. The van der Waals surface area contributed by atoms with Crippen molar-refractivity contribution in [2.24, 2.45) is 0 Å². The molecular weight excluding hydrogens is 251 g/mol. The van der Waals surface area contributed by atoms with Crippen molar-refractivity contribution in [3.8, 4) is 0 Å². The standard InChI is InChI=1S/3ClH.Nd/h3*1H;. The number of rotatable bonds is 0. The van der Waals surface area contributed by atoms with Gasteiger partial charge in [-0.1, -0.05) is 0 Å². The minimum Gasteiger partial charge on any atom is -0.147 e. The molecule has 4 heteroatoms. The van der Waals surface area contributed by atoms with Crippen molar-refractivity contribution in [1.29, 1.82) is 0 Å². The van der Waals surface area contributed by atoms with Crippen molar-refractivity contribution in [3.05, 3.63) is 0 Å². The van der Waals surface area contributed by atoms with Crippen molar-refractivity contribution in [2.45, 2.75) is 0 Å². The van der Waals surface area contributed by atoms with Crippen molar-refractivity contribution < 1.29 is 40.8 Å². The second-order valence-corrected chi connectivity index (χ2v) is 0. The normalized spacial score (nSPS) is 0. The molecule has 0 aromatic heterocycles. The Morgan fingerprint density at radius 3 is 0.500 bits per heavy atom. The van der Waals surface area contributed by atoms with Crippen LogP contribution in [0.25, 0.3) is 0 Å². The maximum Gasteiger partial charge on any atom is 0 e. The summed E-state index contributed by atoms with van der Waals surface area (Å²) in [5, 5.41) is 0. The molecule has 0 saturated carbocycles. The molecule has 28 valence electrons. The molecule has 0 aliphatic heterocycles. The minimum atomic E-state index is 0. The van der Waals surface area contributed by atoms with Gasteiger partial charge in [0.2, 0.25) is 0 Å². The summed E-state index contributed by atoms with van der Waals surface area (Å²) >= 11 is 0. The van der Waals surface area contributed by atoms with Crippen LogP contribution in [0.3, 0.4) is 0 Å². The molecule has 0 heterocycles. The summed E-state index contributed by atoms with van der Waals surface area (Å²) in [4.78, 5) is 0. The van der Waals surface area contributed by atoms with E-state index in [-0.39, 0.29) is 78.1 Å². The van der Waals surface area contributed by atoms with Crippen LogP contribution in [0.4, 0.5) is 0 Å². The number of halogens is 3. The molecule has 0 aromatic rings. The van der Waals surface area contributed by atoms with Crippen LogP contribution in [0, 0.1) is 40.8 Å². The van der Waals surface area contributed by atoms with E-state index in [0.717, 1.165) is 0 Å². The van der Waals surface area contributed by atoms with Crippen LogP contribution in [-0.2, 0) is 0 Å². The number of hydrogen-bond donors (Lipinski definition) is 0. The molecule has 0 spiro atoms. The Hall–Kier alpha value is 2.22. The van der Waals surface area contributed by atoms with E-state index in [1.807, 2.05) is 0 Å². The summed E-state index contributed by atoms with van der Waals surface area (Å²) in [5.74, 6) is 0. The SMILES string of the molecule is Cl.Cl.Cl.[Nd]. The van der Waals surface area contributed by atoms with Gasteiger partial charge in [-0.15, -0.1) is 37.2 Å². The van der Waals surface area contributed by atoms with Crippen LogP contribution < -0.4 is 0 Å². The maximum absolute atomic E-state index is 0. The first-order valence-electron chi connectivity index (χ1n) is 0. The van der Waals surface area contributed by atoms with Gasteiger partial charge in [-0.3, -0.25) is 0 Å². The summed E-state index contributed by atoms with van der Waals surface area (Å²) < 4.78 is 0. The zero-order valence-electron chi connectivity index (χ0n) is 1.72. The summed E-state index contributed by atoms with van der Waals surface area (Å²) in [6, 6.07) is 0. The Balaban J connectivity index is 0. The first-order valence-corrected chi connectivity index (χ1v) is 0. The molecule has 0 aliphatic rings. The molecule has 0 rings (SSSR count). The van der Waals surface area contributed by atoms with Gasteiger partial charge in [0.15, 0.2) is 0 Å². The molecule has 0 saturated heterocycles. The first-order chi connectivity index (χ1) is 0. The molecule has 4 heavy (non-hydrogen) atoms. The van der Waals surface area contributed by atoms with Gasteiger partial charge in [0.05, 0.1) is 0 Å². The van der Waals surface area contributed by atoms with Gasteiger partial charge in [-0.2, -0.15) is 0 Å². The molecule has 0 radical (unpaired) electrons. The largest absolute Gasteiger partial charge is 0.147 e. The molecule has 0 aromatic carbocycles. The van der Waals surface area contributed by atoms with Crippen molar-refractivity contribution in [2.75, 3.05) is 0 Å². The topological polar surface area (TPSA) is 0 Å². The first kappa shape index (κ1) is 34.4. The Bertz CT molecular complexity index is 3.25. The van der Waals surface area contributed by atoms with Crippen LogP contribution in [0.1, 0.15) is 0 Å². The van der Waals surface area contributed by atoms with Crippen molar-refractivity contribution >= 4 is 37.2 Å². The van der Waals surface area contributed by atoms with Gasteiger partial charge in [0.1, 0.15) is 0 Å². The molecule has 0 aliphatic carbocycles. The second-order valence-electron chi connectivity index (χ2n) is 0. The van der Waals surface area contributed by atoms with Gasteiger partial charge in [0, 0.05) is 40.8 Å². The molecule has 0 bridgehead atoms. The van der Waals surface area contributed by atoms with E-state index in [4.69, 9.17) is 0 Å². The third kappa shape index (κ3) is 8.88. The molecule has 0 nitrogen and oxygen atoms in total. The van der Waals surface area contributed by atoms with Crippen LogP contribution >= 0.6 is 37.2 Å². The van der Waals surface area contributed by atoms with E-state index in [1.165, 1.54) is 0 Å². The predicted molar refractivity (Wildman–Crippen MR) is 21.7 cm³/mol. The Morgan fingerprint density at radius 1 is 0.500 bits per heavy atom. The van der Waals surface area contributed by atoms with Gasteiger partial charge in [-0.25, -0.2) is 0 Å². The summed E-state index contributed by atoms with van der Waals surface area (Å²) in [5.41, 5.74) is 0. The van der Waals surface area contributed by atoms with Crippen molar-refractivity contribution in [1.82, 2.24) is 0 Å². The van der Waals surface area contributed by atoms with E-state index in [2.05, 4.69) is 0 Å². The fourth-order valence-corrected chi connectivity index (χ4v) is 0. The monoisotopic (exact) mass is 250 g/mol. The average molecular weight is 254 g/mol. The van der Waals surface area contributed by atoms with E-state index in [1.54, 1.807) is 0 Å². The van der Waals surface area contributed by atoms with E-state index >= 15 is 0 Å². The van der Waals surface area contributed by atoms with Crippen LogP contribution in [0.2, 0.25) is 0 Å². The van der Waals surface area contributed by atoms with Gasteiger partial charge >= 0.3 is 0 Å². The van der Waals surface area contributed by atoms with Crippen molar-refractivity contribution in [3.63, 3.8) is 0 Å². The van der Waals surface area contributed by atoms with E-state index in [0.29, 0.717) is 0 Å². The summed E-state index contributed by atoms with van der Waals surface area (Å²) in [7, 11) is 0. The molecule has 0 unspecified atom stereocenters. The molecular formula is H3Cl3Nd. The predicted octanol–water partition coefficient (Wildman–Crippen LogP) is 1.27. The van der Waals surface area contributed by atoms with Crippen LogP contribution in [0.5, 0.6) is 0 Å². The van der Waals surface area contributed by atoms with Gasteiger partial charge in [-0.05, 0) is 0 Å². The van der Waals surface area contributed by atoms with Crippen LogP contribution in [-0.4, -0.2) is 0 Å². The van der Waals surface area contributed by atoms with Gasteiger partial charge < -0.3 is 0 Å². The summed E-state index contributed by atoms with van der Waals surface area (Å²) in [6.45, 7) is 0. The summed E-state index contributed by atoms with van der Waals surface area (Å²) in [6.07, 6.45) is 0. The Morgan fingerprint density at radius 2 is 0.500 bits per heavy atom. The molecule has 0 atom stereocenters. The zero-order valence-corrected chi connectivity index (χ0v) is 7.38. The third-order valence-electron chi connectivity index (χ3n) is 0. The average Bonchev–Trinajstić information content (AvgIpc) is 0. The fourth-order valence-electron chi connectivity index (χ4n) is 0. The molecule has 0 N–H and O–H groups in total. The Labute approximate surface area is 76.9 Å². The zero-order chi connectivity index (χ0) is 0. The number of hydrogen-bond acceptors (Lipinski definition) is 0. The molecule has 0 amide bonds. The third-order valence-corrected chi connectivity index (χ3v) is 0. The maximum atomic E-state index is 0. The minimum absolute atomic E-state index is 0. The van der Waals surface area contributed by atoms with Crippen LogP contribution in [0.15, 0.2) is 0 Å². The van der Waals surface area contributed by atoms with E-state index in [9.17, 15) is 0 Å². The molecule has 0 fully saturated rings.